The number of piperidine rings is 1. The summed E-state index contributed by atoms with van der Waals surface area (Å²) in [7, 11) is 0. The van der Waals surface area contributed by atoms with Gasteiger partial charge in [-0.25, -0.2) is 0 Å². The minimum Gasteiger partial charge on any atom is -0.302 e. The molecule has 1 aliphatic heterocycles. The molecule has 0 N–H and O–H groups in total. The lowest BCUT2D eigenvalue weighted by Crippen LogP contribution is -2.35. The van der Waals surface area contributed by atoms with Crippen molar-refractivity contribution >= 4 is 17.4 Å². The van der Waals surface area contributed by atoms with E-state index in [1.165, 1.54) is 19.3 Å². The van der Waals surface area contributed by atoms with Crippen molar-refractivity contribution in [2.45, 2.75) is 25.2 Å². The fraction of sp³-hybridized carbons (Fsp3) is 0.350. The molecule has 0 radical (unpaired) electrons. The van der Waals surface area contributed by atoms with Crippen molar-refractivity contribution in [1.29, 1.82) is 0 Å². The average Bonchev–Trinajstić information content (AvgIpc) is 2.61. The Morgan fingerprint density at radius 3 is 2.26 bits per heavy atom. The van der Waals surface area contributed by atoms with E-state index >= 15 is 0 Å². The lowest BCUT2D eigenvalue weighted by atomic mass is 9.89. The Morgan fingerprint density at radius 1 is 0.957 bits per heavy atom. The number of nitrogens with zero attached hydrogens (tertiary/aromatic N) is 1. The van der Waals surface area contributed by atoms with Gasteiger partial charge in [-0.2, -0.15) is 0 Å². The predicted molar refractivity (Wildman–Crippen MR) is 95.3 cm³/mol. The molecule has 2 aromatic rings. The van der Waals surface area contributed by atoms with Crippen LogP contribution in [-0.4, -0.2) is 30.3 Å². The van der Waals surface area contributed by atoms with Gasteiger partial charge in [-0.1, -0.05) is 48.4 Å². The molecule has 0 amide bonds. The molecule has 23 heavy (non-hydrogen) atoms. The highest BCUT2D eigenvalue weighted by molar-refractivity contribution is 6.30. The largest absolute Gasteiger partial charge is 0.302 e. The van der Waals surface area contributed by atoms with Crippen LogP contribution in [0.1, 0.15) is 41.1 Å². The van der Waals surface area contributed by atoms with Crippen molar-refractivity contribution in [3.8, 4) is 0 Å². The van der Waals surface area contributed by atoms with Crippen molar-refractivity contribution in [1.82, 2.24) is 4.90 Å². The SMILES string of the molecule is O=C(c1ccc(Cl)cc1)[C@@H](CN1CCCCC1)c1ccccc1. The topological polar surface area (TPSA) is 20.3 Å². The number of rotatable bonds is 5. The molecule has 1 fully saturated rings. The highest BCUT2D eigenvalue weighted by atomic mass is 35.5. The van der Waals surface area contributed by atoms with Crippen LogP contribution in [0.15, 0.2) is 54.6 Å². The van der Waals surface area contributed by atoms with E-state index in [1.54, 1.807) is 12.1 Å². The summed E-state index contributed by atoms with van der Waals surface area (Å²) >= 11 is 5.95. The van der Waals surface area contributed by atoms with Gasteiger partial charge in [0.15, 0.2) is 5.78 Å². The summed E-state index contributed by atoms with van der Waals surface area (Å²) in [5.41, 5.74) is 1.83. The molecular formula is C20H22ClNO. The van der Waals surface area contributed by atoms with E-state index in [0.29, 0.717) is 5.02 Å². The number of hydrogen-bond donors (Lipinski definition) is 0. The molecule has 1 aliphatic rings. The summed E-state index contributed by atoms with van der Waals surface area (Å²) in [6.45, 7) is 2.99. The van der Waals surface area contributed by atoms with Crippen LogP contribution in [0.4, 0.5) is 0 Å². The van der Waals surface area contributed by atoms with Gasteiger partial charge in [0, 0.05) is 17.1 Å². The smallest absolute Gasteiger partial charge is 0.171 e. The predicted octanol–water partition coefficient (Wildman–Crippen LogP) is 4.79. The van der Waals surface area contributed by atoms with Crippen LogP contribution in [0.5, 0.6) is 0 Å². The maximum absolute atomic E-state index is 13.1. The first-order valence-electron chi connectivity index (χ1n) is 8.31. The number of carbonyl (C=O) groups is 1. The lowest BCUT2D eigenvalue weighted by Gasteiger charge is -2.30. The summed E-state index contributed by atoms with van der Waals surface area (Å²) in [6.07, 6.45) is 3.77. The van der Waals surface area contributed by atoms with Crippen LogP contribution in [0.25, 0.3) is 0 Å². The number of carbonyl (C=O) groups excluding carboxylic acids is 1. The fourth-order valence-electron chi connectivity index (χ4n) is 3.24. The highest BCUT2D eigenvalue weighted by Gasteiger charge is 2.25. The zero-order valence-corrected chi connectivity index (χ0v) is 14.0. The number of Topliss-reactive ketones (excluding diaryl/α,β-unsaturated/α-hetero) is 1. The normalized spacial score (nSPS) is 16.9. The highest BCUT2D eigenvalue weighted by Crippen LogP contribution is 2.24. The molecule has 120 valence electrons. The minimum atomic E-state index is -0.115. The lowest BCUT2D eigenvalue weighted by molar-refractivity contribution is 0.0925. The first-order chi connectivity index (χ1) is 11.2. The average molecular weight is 328 g/mol. The Labute approximate surface area is 143 Å². The number of benzene rings is 2. The molecule has 3 rings (SSSR count). The van der Waals surface area contributed by atoms with Gasteiger partial charge < -0.3 is 4.90 Å². The Bertz CT molecular complexity index is 632. The number of halogens is 1. The second-order valence-corrected chi connectivity index (χ2v) is 6.63. The van der Waals surface area contributed by atoms with Crippen LogP contribution in [-0.2, 0) is 0 Å². The van der Waals surface area contributed by atoms with E-state index in [1.807, 2.05) is 30.3 Å². The van der Waals surface area contributed by atoms with Crippen molar-refractivity contribution in [2.24, 2.45) is 0 Å². The van der Waals surface area contributed by atoms with Crippen molar-refractivity contribution in [3.05, 3.63) is 70.7 Å². The van der Waals surface area contributed by atoms with Crippen LogP contribution >= 0.6 is 11.6 Å². The van der Waals surface area contributed by atoms with E-state index in [0.717, 1.165) is 30.8 Å². The molecule has 2 aromatic carbocycles. The molecule has 1 atom stereocenters. The van der Waals surface area contributed by atoms with Crippen molar-refractivity contribution < 1.29 is 4.79 Å². The Balaban J connectivity index is 1.84. The molecule has 0 unspecified atom stereocenters. The van der Waals surface area contributed by atoms with E-state index < -0.39 is 0 Å². The third-order valence-electron chi connectivity index (χ3n) is 4.54. The molecule has 0 spiro atoms. The molecule has 0 saturated carbocycles. The van der Waals surface area contributed by atoms with Crippen LogP contribution < -0.4 is 0 Å². The van der Waals surface area contributed by atoms with Crippen LogP contribution in [0.3, 0.4) is 0 Å². The number of likely N-dealkylation sites (tertiary alicyclic amines) is 1. The summed E-state index contributed by atoms with van der Waals surface area (Å²) in [5, 5.41) is 0.661. The quantitative estimate of drug-likeness (QED) is 0.736. The molecular weight excluding hydrogens is 306 g/mol. The summed E-state index contributed by atoms with van der Waals surface area (Å²) < 4.78 is 0. The summed E-state index contributed by atoms with van der Waals surface area (Å²) in [5.74, 6) is 0.0638. The first-order valence-corrected chi connectivity index (χ1v) is 8.69. The molecule has 0 bridgehead atoms. The third kappa shape index (κ3) is 4.21. The van der Waals surface area contributed by atoms with E-state index in [2.05, 4.69) is 17.0 Å². The number of hydrogen-bond acceptors (Lipinski definition) is 2. The maximum Gasteiger partial charge on any atom is 0.171 e. The Hall–Kier alpha value is -1.64. The molecule has 3 heteroatoms. The molecule has 1 heterocycles. The van der Waals surface area contributed by atoms with Gasteiger partial charge >= 0.3 is 0 Å². The van der Waals surface area contributed by atoms with Crippen LogP contribution in [0, 0.1) is 0 Å². The van der Waals surface area contributed by atoms with Crippen LogP contribution in [0.2, 0.25) is 5.02 Å². The van der Waals surface area contributed by atoms with Gasteiger partial charge in [0.05, 0.1) is 5.92 Å². The minimum absolute atomic E-state index is 0.115. The molecule has 0 aromatic heterocycles. The number of ketones is 1. The molecule has 0 aliphatic carbocycles. The molecule has 2 nitrogen and oxygen atoms in total. The fourth-order valence-corrected chi connectivity index (χ4v) is 3.37. The van der Waals surface area contributed by atoms with E-state index in [9.17, 15) is 4.79 Å². The van der Waals surface area contributed by atoms with Gasteiger partial charge in [-0.05, 0) is 55.8 Å². The maximum atomic E-state index is 13.1. The van der Waals surface area contributed by atoms with Crippen molar-refractivity contribution in [3.63, 3.8) is 0 Å². The second kappa shape index (κ2) is 7.76. The van der Waals surface area contributed by atoms with E-state index in [4.69, 9.17) is 11.6 Å². The van der Waals surface area contributed by atoms with Gasteiger partial charge in [0.2, 0.25) is 0 Å². The molecule has 1 saturated heterocycles. The Kier molecular flexibility index (Phi) is 5.47. The summed E-state index contributed by atoms with van der Waals surface area (Å²) in [4.78, 5) is 15.5. The van der Waals surface area contributed by atoms with Gasteiger partial charge in [-0.15, -0.1) is 0 Å². The monoisotopic (exact) mass is 327 g/mol. The van der Waals surface area contributed by atoms with Gasteiger partial charge in [0.25, 0.3) is 0 Å². The second-order valence-electron chi connectivity index (χ2n) is 6.20. The van der Waals surface area contributed by atoms with Gasteiger partial charge in [-0.3, -0.25) is 4.79 Å². The van der Waals surface area contributed by atoms with E-state index in [-0.39, 0.29) is 11.7 Å². The Morgan fingerprint density at radius 2 is 1.61 bits per heavy atom. The zero-order valence-electron chi connectivity index (χ0n) is 13.2. The first kappa shape index (κ1) is 16.2. The van der Waals surface area contributed by atoms with Gasteiger partial charge in [0.1, 0.15) is 0 Å². The zero-order chi connectivity index (χ0) is 16.1. The third-order valence-corrected chi connectivity index (χ3v) is 4.79. The standard InChI is InChI=1S/C20H22ClNO/c21-18-11-9-17(10-12-18)20(23)19(16-7-3-1-4-8-16)15-22-13-5-2-6-14-22/h1,3-4,7-12,19H,2,5-6,13-15H2/t19-/m0/s1. The van der Waals surface area contributed by atoms with Crippen molar-refractivity contribution in [2.75, 3.05) is 19.6 Å². The summed E-state index contributed by atoms with van der Waals surface area (Å²) in [6, 6.07) is 17.4.